The molecule has 4 rings (SSSR count). The molecule has 8 nitrogen and oxygen atoms in total. The van der Waals surface area contributed by atoms with Crippen LogP contribution < -0.4 is 5.69 Å². The zero-order valence-corrected chi connectivity index (χ0v) is 15.7. The van der Waals surface area contributed by atoms with Crippen molar-refractivity contribution < 1.29 is 9.90 Å². The summed E-state index contributed by atoms with van der Waals surface area (Å²) >= 11 is 0. The average molecular weight is 381 g/mol. The smallest absolute Gasteiger partial charge is 0.326 e. The molecule has 0 spiro atoms. The van der Waals surface area contributed by atoms with Gasteiger partial charge in [0, 0.05) is 31.0 Å². The number of H-pyrrole nitrogens is 1. The van der Waals surface area contributed by atoms with Crippen LogP contribution in [0.1, 0.15) is 47.8 Å². The quantitative estimate of drug-likeness (QED) is 0.718. The summed E-state index contributed by atoms with van der Waals surface area (Å²) in [6.45, 7) is 0.354. The minimum atomic E-state index is -0.272. The van der Waals surface area contributed by atoms with Crippen molar-refractivity contribution in [2.24, 2.45) is 0 Å². The molecule has 0 saturated heterocycles. The van der Waals surface area contributed by atoms with Crippen LogP contribution in [0.15, 0.2) is 41.6 Å². The predicted octanol–water partition coefficient (Wildman–Crippen LogP) is 1.87. The first-order chi connectivity index (χ1) is 13.5. The fraction of sp³-hybridized carbons (Fsp3) is 0.400. The Morgan fingerprint density at radius 3 is 2.79 bits per heavy atom. The van der Waals surface area contributed by atoms with Crippen LogP contribution in [0, 0.1) is 0 Å². The Hall–Kier alpha value is -3.00. The van der Waals surface area contributed by atoms with E-state index in [1.807, 2.05) is 6.07 Å². The molecule has 2 N–H and O–H groups in total. The topological polar surface area (TPSA) is 104 Å². The molecule has 1 aromatic carbocycles. The molecule has 2 aromatic heterocycles. The van der Waals surface area contributed by atoms with Crippen LogP contribution in [0.2, 0.25) is 0 Å². The fourth-order valence-corrected chi connectivity index (χ4v) is 3.89. The summed E-state index contributed by atoms with van der Waals surface area (Å²) in [6.07, 6.45) is 7.49. The monoisotopic (exact) mass is 381 g/mol. The van der Waals surface area contributed by atoms with Crippen molar-refractivity contribution in [3.05, 3.63) is 58.5 Å². The third-order valence-electron chi connectivity index (χ3n) is 5.36. The lowest BCUT2D eigenvalue weighted by Gasteiger charge is -2.26. The summed E-state index contributed by atoms with van der Waals surface area (Å²) in [7, 11) is 1.71. The largest absolute Gasteiger partial charge is 0.393 e. The van der Waals surface area contributed by atoms with E-state index < -0.39 is 0 Å². The maximum atomic E-state index is 12.8. The van der Waals surface area contributed by atoms with Gasteiger partial charge in [-0.15, -0.1) is 0 Å². The molecular formula is C20H23N5O3. The molecule has 1 saturated carbocycles. The second kappa shape index (κ2) is 7.55. The maximum absolute atomic E-state index is 12.8. The summed E-state index contributed by atoms with van der Waals surface area (Å²) in [6, 6.07) is 5.37. The van der Waals surface area contributed by atoms with Gasteiger partial charge in [0.25, 0.3) is 5.91 Å². The van der Waals surface area contributed by atoms with Gasteiger partial charge in [0.1, 0.15) is 0 Å². The van der Waals surface area contributed by atoms with E-state index in [2.05, 4.69) is 15.0 Å². The number of nitrogens with zero attached hydrogens (tertiary/aromatic N) is 4. The molecule has 0 radical (unpaired) electrons. The van der Waals surface area contributed by atoms with Crippen LogP contribution >= 0.6 is 0 Å². The van der Waals surface area contributed by atoms with Crippen LogP contribution in [0.3, 0.4) is 0 Å². The number of nitrogens with one attached hydrogen (secondary N) is 1. The van der Waals surface area contributed by atoms with Crippen molar-refractivity contribution in [2.45, 2.75) is 44.4 Å². The number of carbonyl (C=O) groups is 1. The SMILES string of the molecule is CN(Cc1cnccn1)C(=O)c1ccc2c(c1)[nH]c(=O)n2C1CCC(O)CC1. The minimum Gasteiger partial charge on any atom is -0.393 e. The number of imidazole rings is 1. The Bertz CT molecular complexity index is 1030. The number of rotatable bonds is 4. The maximum Gasteiger partial charge on any atom is 0.326 e. The van der Waals surface area contributed by atoms with Crippen molar-refractivity contribution >= 4 is 16.9 Å². The van der Waals surface area contributed by atoms with Gasteiger partial charge in [-0.3, -0.25) is 19.3 Å². The van der Waals surface area contributed by atoms with Crippen molar-refractivity contribution in [3.8, 4) is 0 Å². The van der Waals surface area contributed by atoms with Crippen molar-refractivity contribution in [2.75, 3.05) is 7.05 Å². The number of carbonyl (C=O) groups excluding carboxylic acids is 1. The number of benzene rings is 1. The fourth-order valence-electron chi connectivity index (χ4n) is 3.89. The summed E-state index contributed by atoms with van der Waals surface area (Å²) in [5.74, 6) is -0.151. The molecule has 1 amide bonds. The first kappa shape index (κ1) is 18.4. The zero-order chi connectivity index (χ0) is 19.7. The van der Waals surface area contributed by atoms with Gasteiger partial charge < -0.3 is 15.0 Å². The minimum absolute atomic E-state index is 0.0746. The van der Waals surface area contributed by atoms with E-state index >= 15 is 0 Å². The molecule has 8 heteroatoms. The molecule has 0 bridgehead atoms. The Balaban J connectivity index is 1.58. The van der Waals surface area contributed by atoms with Crippen molar-refractivity contribution in [1.82, 2.24) is 24.4 Å². The van der Waals surface area contributed by atoms with Crippen molar-refractivity contribution in [1.29, 1.82) is 0 Å². The Kier molecular flexibility index (Phi) is 4.95. The van der Waals surface area contributed by atoms with E-state index in [1.165, 1.54) is 0 Å². The number of amides is 1. The number of hydrogen-bond donors (Lipinski definition) is 2. The summed E-state index contributed by atoms with van der Waals surface area (Å²) in [4.78, 5) is 37.9. The number of aliphatic hydroxyl groups excluding tert-OH is 1. The molecule has 1 fully saturated rings. The van der Waals surface area contributed by atoms with E-state index in [0.717, 1.165) is 18.4 Å². The van der Waals surface area contributed by atoms with Gasteiger partial charge in [0.05, 0.1) is 35.6 Å². The van der Waals surface area contributed by atoms with Gasteiger partial charge in [0.15, 0.2) is 0 Å². The van der Waals surface area contributed by atoms with Gasteiger partial charge in [-0.2, -0.15) is 0 Å². The van der Waals surface area contributed by atoms with Crippen LogP contribution in [0.25, 0.3) is 11.0 Å². The highest BCUT2D eigenvalue weighted by Crippen LogP contribution is 2.30. The van der Waals surface area contributed by atoms with E-state index in [1.54, 1.807) is 47.2 Å². The van der Waals surface area contributed by atoms with Crippen LogP contribution in [-0.4, -0.2) is 48.6 Å². The van der Waals surface area contributed by atoms with E-state index in [4.69, 9.17) is 0 Å². The Labute approximate surface area is 161 Å². The van der Waals surface area contributed by atoms with Gasteiger partial charge in [-0.1, -0.05) is 0 Å². The third kappa shape index (κ3) is 3.55. The molecule has 146 valence electrons. The summed E-state index contributed by atoms with van der Waals surface area (Å²) in [5.41, 5.74) is 2.48. The van der Waals surface area contributed by atoms with Gasteiger partial charge in [0.2, 0.25) is 0 Å². The second-order valence-corrected chi connectivity index (χ2v) is 7.35. The Morgan fingerprint density at radius 1 is 1.29 bits per heavy atom. The number of aliphatic hydroxyl groups is 1. The van der Waals surface area contributed by atoms with Crippen molar-refractivity contribution in [3.63, 3.8) is 0 Å². The summed E-state index contributed by atoms with van der Waals surface area (Å²) < 4.78 is 1.76. The van der Waals surface area contributed by atoms with E-state index in [0.29, 0.717) is 36.2 Å². The standard InChI is InChI=1S/C20H23N5O3/c1-24(12-14-11-21-8-9-22-14)19(27)13-2-7-18-17(10-13)23-20(28)25(18)15-3-5-16(26)6-4-15/h2,7-11,15-16,26H,3-6,12H2,1H3,(H,23,28). The predicted molar refractivity (Wildman–Crippen MR) is 104 cm³/mol. The van der Waals surface area contributed by atoms with Crippen LogP contribution in [0.4, 0.5) is 0 Å². The second-order valence-electron chi connectivity index (χ2n) is 7.35. The first-order valence-corrected chi connectivity index (χ1v) is 9.45. The molecule has 0 atom stereocenters. The van der Waals surface area contributed by atoms with Gasteiger partial charge in [-0.05, 0) is 43.9 Å². The zero-order valence-electron chi connectivity index (χ0n) is 15.7. The molecule has 2 heterocycles. The molecule has 3 aromatic rings. The van der Waals surface area contributed by atoms with Crippen LogP contribution in [-0.2, 0) is 6.54 Å². The lowest BCUT2D eigenvalue weighted by atomic mass is 9.93. The van der Waals surface area contributed by atoms with Gasteiger partial charge >= 0.3 is 5.69 Å². The number of hydrogen-bond acceptors (Lipinski definition) is 5. The number of aromatic amines is 1. The Morgan fingerprint density at radius 2 is 2.07 bits per heavy atom. The van der Waals surface area contributed by atoms with E-state index in [-0.39, 0.29) is 23.7 Å². The highest BCUT2D eigenvalue weighted by Gasteiger charge is 2.24. The molecule has 28 heavy (non-hydrogen) atoms. The van der Waals surface area contributed by atoms with Crippen LogP contribution in [0.5, 0.6) is 0 Å². The first-order valence-electron chi connectivity index (χ1n) is 9.45. The highest BCUT2D eigenvalue weighted by atomic mass is 16.3. The normalized spacial score (nSPS) is 19.6. The molecule has 1 aliphatic carbocycles. The third-order valence-corrected chi connectivity index (χ3v) is 5.36. The lowest BCUT2D eigenvalue weighted by Crippen LogP contribution is -2.27. The number of aromatic nitrogens is 4. The molecule has 0 unspecified atom stereocenters. The molecular weight excluding hydrogens is 358 g/mol. The van der Waals surface area contributed by atoms with E-state index in [9.17, 15) is 14.7 Å². The number of fused-ring (bicyclic) bond motifs is 1. The highest BCUT2D eigenvalue weighted by molar-refractivity contribution is 5.97. The molecule has 1 aliphatic rings. The lowest BCUT2D eigenvalue weighted by molar-refractivity contribution is 0.0783. The molecule has 0 aliphatic heterocycles. The van der Waals surface area contributed by atoms with Gasteiger partial charge in [-0.25, -0.2) is 4.79 Å². The average Bonchev–Trinajstić information content (AvgIpc) is 3.03. The summed E-state index contributed by atoms with van der Waals surface area (Å²) in [5, 5.41) is 9.72.